The molecule has 0 unspecified atom stereocenters. The number of anilines is 6. The fourth-order valence-corrected chi connectivity index (χ4v) is 13.6. The molecule has 0 spiro atoms. The summed E-state index contributed by atoms with van der Waals surface area (Å²) in [6, 6.07) is 99.8. The van der Waals surface area contributed by atoms with Crippen molar-refractivity contribution in [2.45, 2.75) is 38.5 Å². The normalized spacial score (nSPS) is 13.6. The monoisotopic (exact) mass is 996 g/mol. The fraction of sp³-hybridized carbons (Fsp3) is 0.0789. The van der Waals surface area contributed by atoms with Gasteiger partial charge in [0.2, 0.25) is 0 Å². The average Bonchev–Trinajstić information content (AvgIpc) is 4.01. The first-order chi connectivity index (χ1) is 38.2. The SMILES string of the molecule is CC1(C)c2ccccc2-c2ccc(-c3c4ccc(N(c5ccccc5)c5cccc6ccccc56)cc4c(-c4ccc5c(c4)C(C)(C)c4ccccc4-5)c4ccc(N(c5ccccc5)c5cccc6ccccc56)cc34)cc21. The lowest BCUT2D eigenvalue weighted by Crippen LogP contribution is -2.15. The zero-order valence-corrected chi connectivity index (χ0v) is 44.3. The number of hydrogen-bond donors (Lipinski definition) is 0. The number of para-hydroxylation sites is 2. The Morgan fingerprint density at radius 1 is 0.244 bits per heavy atom. The lowest BCUT2D eigenvalue weighted by Gasteiger charge is -2.29. The summed E-state index contributed by atoms with van der Waals surface area (Å²) in [5.74, 6) is 0. The first-order valence-corrected chi connectivity index (χ1v) is 27.4. The summed E-state index contributed by atoms with van der Waals surface area (Å²) in [6.45, 7) is 9.58. The van der Waals surface area contributed by atoms with Crippen molar-refractivity contribution in [3.8, 4) is 44.5 Å². The molecule has 0 atom stereocenters. The van der Waals surface area contributed by atoms with Crippen molar-refractivity contribution < 1.29 is 0 Å². The van der Waals surface area contributed by atoms with Gasteiger partial charge in [0, 0.05) is 44.4 Å². The quantitative estimate of drug-likeness (QED) is 0.140. The molecule has 13 aromatic rings. The number of fused-ring (bicyclic) bond motifs is 10. The van der Waals surface area contributed by atoms with E-state index in [-0.39, 0.29) is 10.8 Å². The van der Waals surface area contributed by atoms with Gasteiger partial charge in [-0.2, -0.15) is 0 Å². The van der Waals surface area contributed by atoms with Gasteiger partial charge in [0.15, 0.2) is 0 Å². The highest BCUT2D eigenvalue weighted by molar-refractivity contribution is 6.23. The Balaban J connectivity index is 1.07. The van der Waals surface area contributed by atoms with Gasteiger partial charge in [-0.15, -0.1) is 0 Å². The van der Waals surface area contributed by atoms with E-state index in [1.807, 2.05) is 0 Å². The Kier molecular flexibility index (Phi) is 10.3. The standard InChI is InChI=1S/C76H56N2/c1-75(2)67-33-17-15-31-59(67)61-41-37-51(45-69(61)75)73-63-43-39-56(78(54-27-9-6-10-28-54)72-36-20-24-50-22-12-14-30-58(50)72)48-66(63)74(52-38-42-62-60-32-16-18-34-68(60)76(3,4)70(62)46-52)64-44-40-55(47-65(64)73)77(53-25-7-5-8-26-53)71-35-19-23-49-21-11-13-29-57(49)71/h5-48H,1-4H3. The minimum Gasteiger partial charge on any atom is -0.310 e. The molecule has 0 radical (unpaired) electrons. The first-order valence-electron chi connectivity index (χ1n) is 27.4. The van der Waals surface area contributed by atoms with Crippen LogP contribution in [0.3, 0.4) is 0 Å². The minimum absolute atomic E-state index is 0.187. The molecule has 2 aliphatic rings. The van der Waals surface area contributed by atoms with Crippen molar-refractivity contribution in [2.75, 3.05) is 9.80 Å². The topological polar surface area (TPSA) is 6.48 Å². The molecule has 370 valence electrons. The van der Waals surface area contributed by atoms with Gasteiger partial charge in [0.25, 0.3) is 0 Å². The average molecular weight is 997 g/mol. The van der Waals surface area contributed by atoms with Crippen LogP contribution in [-0.4, -0.2) is 0 Å². The van der Waals surface area contributed by atoms with E-state index in [1.165, 1.54) is 110 Å². The molecule has 13 aromatic carbocycles. The van der Waals surface area contributed by atoms with Gasteiger partial charge in [-0.1, -0.05) is 222 Å². The fourth-order valence-electron chi connectivity index (χ4n) is 13.6. The molecule has 15 rings (SSSR count). The van der Waals surface area contributed by atoms with E-state index < -0.39 is 0 Å². The molecule has 0 amide bonds. The van der Waals surface area contributed by atoms with Gasteiger partial charge in [0.1, 0.15) is 0 Å². The molecule has 0 heterocycles. The summed E-state index contributed by atoms with van der Waals surface area (Å²) >= 11 is 0. The third kappa shape index (κ3) is 6.96. The van der Waals surface area contributed by atoms with E-state index in [2.05, 4.69) is 304 Å². The van der Waals surface area contributed by atoms with E-state index >= 15 is 0 Å². The van der Waals surface area contributed by atoms with E-state index in [1.54, 1.807) is 0 Å². The van der Waals surface area contributed by atoms with Gasteiger partial charge in [-0.25, -0.2) is 0 Å². The summed E-state index contributed by atoms with van der Waals surface area (Å²) in [5.41, 5.74) is 21.9. The highest BCUT2D eigenvalue weighted by atomic mass is 15.1. The van der Waals surface area contributed by atoms with Crippen LogP contribution in [0, 0.1) is 0 Å². The molecular formula is C76H56N2. The van der Waals surface area contributed by atoms with Crippen LogP contribution in [-0.2, 0) is 10.8 Å². The number of nitrogens with zero attached hydrogens (tertiary/aromatic N) is 2. The Morgan fingerprint density at radius 2 is 0.615 bits per heavy atom. The van der Waals surface area contributed by atoms with E-state index in [0.717, 1.165) is 34.1 Å². The van der Waals surface area contributed by atoms with Crippen LogP contribution in [0.4, 0.5) is 34.1 Å². The van der Waals surface area contributed by atoms with Crippen molar-refractivity contribution in [2.24, 2.45) is 0 Å². The number of rotatable bonds is 8. The molecular weight excluding hydrogens is 941 g/mol. The first kappa shape index (κ1) is 45.9. The largest absolute Gasteiger partial charge is 0.310 e. The van der Waals surface area contributed by atoms with E-state index in [4.69, 9.17) is 0 Å². The summed E-state index contributed by atoms with van der Waals surface area (Å²) in [4.78, 5) is 4.91. The summed E-state index contributed by atoms with van der Waals surface area (Å²) in [6.07, 6.45) is 0. The van der Waals surface area contributed by atoms with Crippen LogP contribution in [0.15, 0.2) is 267 Å². The molecule has 2 nitrogen and oxygen atoms in total. The third-order valence-corrected chi connectivity index (χ3v) is 17.4. The Bertz CT molecular complexity index is 4260. The zero-order chi connectivity index (χ0) is 52.3. The maximum absolute atomic E-state index is 2.52. The highest BCUT2D eigenvalue weighted by Crippen LogP contribution is 2.55. The van der Waals surface area contributed by atoms with Crippen LogP contribution in [0.5, 0.6) is 0 Å². The van der Waals surface area contributed by atoms with Crippen molar-refractivity contribution in [1.29, 1.82) is 0 Å². The molecule has 0 N–H and O–H groups in total. The summed E-state index contributed by atoms with van der Waals surface area (Å²) in [7, 11) is 0. The Hall–Kier alpha value is -9.50. The van der Waals surface area contributed by atoms with Gasteiger partial charge < -0.3 is 9.80 Å². The molecule has 0 saturated heterocycles. The molecule has 0 bridgehead atoms. The Labute approximate surface area is 456 Å². The molecule has 0 saturated carbocycles. The smallest absolute Gasteiger partial charge is 0.0540 e. The van der Waals surface area contributed by atoms with Gasteiger partial charge in [0.05, 0.1) is 11.4 Å². The predicted octanol–water partition coefficient (Wildman–Crippen LogP) is 21.2. The maximum atomic E-state index is 2.52. The van der Waals surface area contributed by atoms with E-state index in [0.29, 0.717) is 0 Å². The summed E-state index contributed by atoms with van der Waals surface area (Å²) in [5, 5.41) is 9.63. The lowest BCUT2D eigenvalue weighted by atomic mass is 9.79. The molecule has 2 aliphatic carbocycles. The van der Waals surface area contributed by atoms with Crippen molar-refractivity contribution in [3.05, 3.63) is 289 Å². The maximum Gasteiger partial charge on any atom is 0.0540 e. The van der Waals surface area contributed by atoms with Crippen LogP contribution >= 0.6 is 0 Å². The Morgan fingerprint density at radius 3 is 1.06 bits per heavy atom. The second kappa shape index (κ2) is 17.5. The predicted molar refractivity (Wildman–Crippen MR) is 332 cm³/mol. The molecule has 0 aliphatic heterocycles. The van der Waals surface area contributed by atoms with Gasteiger partial charge in [-0.05, 0) is 172 Å². The lowest BCUT2D eigenvalue weighted by molar-refractivity contribution is 0.660. The molecule has 78 heavy (non-hydrogen) atoms. The van der Waals surface area contributed by atoms with Crippen LogP contribution in [0.1, 0.15) is 49.9 Å². The third-order valence-electron chi connectivity index (χ3n) is 17.4. The van der Waals surface area contributed by atoms with E-state index in [9.17, 15) is 0 Å². The minimum atomic E-state index is -0.187. The van der Waals surface area contributed by atoms with Crippen LogP contribution in [0.2, 0.25) is 0 Å². The molecule has 2 heteroatoms. The van der Waals surface area contributed by atoms with Crippen LogP contribution < -0.4 is 9.80 Å². The second-order valence-electron chi connectivity index (χ2n) is 22.4. The highest BCUT2D eigenvalue weighted by Gasteiger charge is 2.37. The van der Waals surface area contributed by atoms with Gasteiger partial charge >= 0.3 is 0 Å². The zero-order valence-electron chi connectivity index (χ0n) is 44.3. The van der Waals surface area contributed by atoms with Crippen molar-refractivity contribution in [1.82, 2.24) is 0 Å². The van der Waals surface area contributed by atoms with Crippen LogP contribution in [0.25, 0.3) is 87.6 Å². The number of hydrogen-bond acceptors (Lipinski definition) is 2. The summed E-state index contributed by atoms with van der Waals surface area (Å²) < 4.78 is 0. The second-order valence-corrected chi connectivity index (χ2v) is 22.4. The van der Waals surface area contributed by atoms with Gasteiger partial charge in [-0.3, -0.25) is 0 Å². The van der Waals surface area contributed by atoms with Crippen molar-refractivity contribution in [3.63, 3.8) is 0 Å². The number of benzene rings is 13. The molecule has 0 fully saturated rings. The molecule has 0 aromatic heterocycles. The van der Waals surface area contributed by atoms with Crippen molar-refractivity contribution >= 4 is 77.2 Å².